The number of morpholine rings is 1. The summed E-state index contributed by atoms with van der Waals surface area (Å²) >= 11 is 0. The van der Waals surface area contributed by atoms with Crippen molar-refractivity contribution in [2.45, 2.75) is 25.4 Å². The Labute approximate surface area is 149 Å². The highest BCUT2D eigenvalue weighted by atomic mass is 16.5. The Bertz CT molecular complexity index is 553. The van der Waals surface area contributed by atoms with Crippen molar-refractivity contribution in [2.75, 3.05) is 57.4 Å². The number of carbonyl (C=O) groups is 1. The normalized spacial score (nSPS) is 19.2. The SMILES string of the molecule is NCCCOC1CCN(C(=O)c2ccccc2N2CCOCC2)CC1. The summed E-state index contributed by atoms with van der Waals surface area (Å²) in [5.41, 5.74) is 7.32. The summed E-state index contributed by atoms with van der Waals surface area (Å²) in [6, 6.07) is 7.93. The van der Waals surface area contributed by atoms with Gasteiger partial charge in [0.1, 0.15) is 0 Å². The van der Waals surface area contributed by atoms with Gasteiger partial charge in [0.15, 0.2) is 0 Å². The van der Waals surface area contributed by atoms with Crippen molar-refractivity contribution in [3.63, 3.8) is 0 Å². The first-order chi connectivity index (χ1) is 12.3. The lowest BCUT2D eigenvalue weighted by atomic mass is 10.0. The number of anilines is 1. The molecule has 2 N–H and O–H groups in total. The van der Waals surface area contributed by atoms with E-state index in [2.05, 4.69) is 4.90 Å². The van der Waals surface area contributed by atoms with Gasteiger partial charge in [0.2, 0.25) is 0 Å². The van der Waals surface area contributed by atoms with Gasteiger partial charge in [0.05, 0.1) is 24.9 Å². The van der Waals surface area contributed by atoms with Crippen LogP contribution in [0.25, 0.3) is 0 Å². The summed E-state index contributed by atoms with van der Waals surface area (Å²) in [5, 5.41) is 0. The zero-order valence-electron chi connectivity index (χ0n) is 14.9. The van der Waals surface area contributed by atoms with Crippen LogP contribution in [0.5, 0.6) is 0 Å². The number of hydrogen-bond donors (Lipinski definition) is 1. The van der Waals surface area contributed by atoms with Crippen LogP contribution in [-0.2, 0) is 9.47 Å². The number of likely N-dealkylation sites (tertiary alicyclic amines) is 1. The molecule has 25 heavy (non-hydrogen) atoms. The van der Waals surface area contributed by atoms with Crippen LogP contribution in [0.4, 0.5) is 5.69 Å². The van der Waals surface area contributed by atoms with Gasteiger partial charge >= 0.3 is 0 Å². The molecule has 0 atom stereocenters. The third kappa shape index (κ3) is 4.71. The quantitative estimate of drug-likeness (QED) is 0.790. The molecule has 1 aromatic carbocycles. The maximum Gasteiger partial charge on any atom is 0.255 e. The van der Waals surface area contributed by atoms with Gasteiger partial charge in [-0.3, -0.25) is 4.79 Å². The van der Waals surface area contributed by atoms with Crippen LogP contribution in [0, 0.1) is 0 Å². The van der Waals surface area contributed by atoms with E-state index in [1.165, 1.54) is 0 Å². The Balaban J connectivity index is 1.60. The molecule has 2 aliphatic rings. The molecule has 1 aromatic rings. The Morgan fingerprint density at radius 2 is 1.88 bits per heavy atom. The summed E-state index contributed by atoms with van der Waals surface area (Å²) in [5.74, 6) is 0.127. The molecule has 0 spiro atoms. The second kappa shape index (κ2) is 9.17. The Morgan fingerprint density at radius 3 is 2.60 bits per heavy atom. The molecule has 6 heteroatoms. The van der Waals surface area contributed by atoms with Crippen LogP contribution in [0.1, 0.15) is 29.6 Å². The van der Waals surface area contributed by atoms with Crippen molar-refractivity contribution in [1.82, 2.24) is 4.90 Å². The number of nitrogens with two attached hydrogens (primary N) is 1. The summed E-state index contributed by atoms with van der Waals surface area (Å²) in [7, 11) is 0. The third-order valence-electron chi connectivity index (χ3n) is 4.92. The van der Waals surface area contributed by atoms with Gasteiger partial charge in [-0.2, -0.15) is 0 Å². The van der Waals surface area contributed by atoms with Crippen molar-refractivity contribution in [1.29, 1.82) is 0 Å². The van der Waals surface area contributed by atoms with E-state index in [-0.39, 0.29) is 12.0 Å². The monoisotopic (exact) mass is 347 g/mol. The number of benzene rings is 1. The minimum Gasteiger partial charge on any atom is -0.378 e. The number of amides is 1. The summed E-state index contributed by atoms with van der Waals surface area (Å²) < 4.78 is 11.3. The minimum absolute atomic E-state index is 0.127. The van der Waals surface area contributed by atoms with E-state index in [0.29, 0.717) is 19.8 Å². The van der Waals surface area contributed by atoms with Gasteiger partial charge in [-0.25, -0.2) is 0 Å². The van der Waals surface area contributed by atoms with Crippen molar-refractivity contribution < 1.29 is 14.3 Å². The summed E-state index contributed by atoms with van der Waals surface area (Å²) in [6.45, 7) is 5.99. The molecule has 0 unspecified atom stereocenters. The smallest absolute Gasteiger partial charge is 0.255 e. The first kappa shape index (κ1) is 18.2. The van der Waals surface area contributed by atoms with Crippen LogP contribution in [0.15, 0.2) is 24.3 Å². The Kier molecular flexibility index (Phi) is 6.67. The lowest BCUT2D eigenvalue weighted by Gasteiger charge is -2.34. The number of piperidine rings is 1. The molecule has 0 aliphatic carbocycles. The van der Waals surface area contributed by atoms with Crippen molar-refractivity contribution in [3.8, 4) is 0 Å². The molecule has 0 radical (unpaired) electrons. The lowest BCUT2D eigenvalue weighted by Crippen LogP contribution is -2.42. The van der Waals surface area contributed by atoms with E-state index in [1.54, 1.807) is 0 Å². The molecule has 138 valence electrons. The molecule has 0 aromatic heterocycles. The molecule has 2 heterocycles. The fourth-order valence-corrected chi connectivity index (χ4v) is 3.46. The molecular weight excluding hydrogens is 318 g/mol. The number of nitrogens with zero attached hydrogens (tertiary/aromatic N) is 2. The fourth-order valence-electron chi connectivity index (χ4n) is 3.46. The van der Waals surface area contributed by atoms with E-state index in [1.807, 2.05) is 29.2 Å². The maximum atomic E-state index is 13.0. The number of rotatable bonds is 6. The van der Waals surface area contributed by atoms with E-state index < -0.39 is 0 Å². The van der Waals surface area contributed by atoms with Gasteiger partial charge in [0, 0.05) is 38.5 Å². The summed E-state index contributed by atoms with van der Waals surface area (Å²) in [6.07, 6.45) is 2.95. The lowest BCUT2D eigenvalue weighted by molar-refractivity contribution is 0.00845. The Morgan fingerprint density at radius 1 is 1.16 bits per heavy atom. The van der Waals surface area contributed by atoms with Gasteiger partial charge in [-0.05, 0) is 37.9 Å². The van der Waals surface area contributed by atoms with Crippen molar-refractivity contribution >= 4 is 11.6 Å². The van der Waals surface area contributed by atoms with Gasteiger partial charge in [0.25, 0.3) is 5.91 Å². The van der Waals surface area contributed by atoms with E-state index in [4.69, 9.17) is 15.2 Å². The third-order valence-corrected chi connectivity index (χ3v) is 4.92. The zero-order chi connectivity index (χ0) is 17.5. The largest absolute Gasteiger partial charge is 0.378 e. The second-order valence-corrected chi connectivity index (χ2v) is 6.62. The maximum absolute atomic E-state index is 13.0. The molecule has 1 amide bonds. The van der Waals surface area contributed by atoms with Crippen LogP contribution in [0.2, 0.25) is 0 Å². The molecule has 3 rings (SSSR count). The molecule has 2 saturated heterocycles. The number of hydrogen-bond acceptors (Lipinski definition) is 5. The van der Waals surface area contributed by atoms with Crippen LogP contribution >= 0.6 is 0 Å². The van der Waals surface area contributed by atoms with E-state index in [0.717, 1.165) is 63.3 Å². The van der Waals surface area contributed by atoms with Crippen LogP contribution in [-0.4, -0.2) is 69.5 Å². The first-order valence-corrected chi connectivity index (χ1v) is 9.32. The molecular formula is C19H29N3O3. The highest BCUT2D eigenvalue weighted by Crippen LogP contribution is 2.25. The molecule has 0 saturated carbocycles. The number of para-hydroxylation sites is 1. The molecule has 0 bridgehead atoms. The topological polar surface area (TPSA) is 68.0 Å². The molecule has 2 fully saturated rings. The fraction of sp³-hybridized carbons (Fsp3) is 0.632. The molecule has 2 aliphatic heterocycles. The van der Waals surface area contributed by atoms with Crippen molar-refractivity contribution in [2.24, 2.45) is 5.73 Å². The minimum atomic E-state index is 0.127. The first-order valence-electron chi connectivity index (χ1n) is 9.32. The summed E-state index contributed by atoms with van der Waals surface area (Å²) in [4.78, 5) is 17.3. The average molecular weight is 347 g/mol. The molecule has 6 nitrogen and oxygen atoms in total. The van der Waals surface area contributed by atoms with E-state index in [9.17, 15) is 4.79 Å². The van der Waals surface area contributed by atoms with Gasteiger partial charge in [-0.1, -0.05) is 12.1 Å². The second-order valence-electron chi connectivity index (χ2n) is 6.62. The highest BCUT2D eigenvalue weighted by molar-refractivity contribution is 5.99. The Hall–Kier alpha value is -1.63. The number of carbonyl (C=O) groups excluding carboxylic acids is 1. The van der Waals surface area contributed by atoms with Crippen LogP contribution in [0.3, 0.4) is 0 Å². The van der Waals surface area contributed by atoms with Crippen LogP contribution < -0.4 is 10.6 Å². The average Bonchev–Trinajstić information content (AvgIpc) is 2.69. The highest BCUT2D eigenvalue weighted by Gasteiger charge is 2.26. The van der Waals surface area contributed by atoms with E-state index >= 15 is 0 Å². The van der Waals surface area contributed by atoms with Crippen molar-refractivity contribution in [3.05, 3.63) is 29.8 Å². The standard InChI is InChI=1S/C19H29N3O3/c20-8-3-13-25-16-6-9-22(10-7-16)19(23)17-4-1-2-5-18(17)21-11-14-24-15-12-21/h1-2,4-5,16H,3,6-15,20H2. The van der Waals surface area contributed by atoms with Gasteiger partial charge in [-0.15, -0.1) is 0 Å². The zero-order valence-corrected chi connectivity index (χ0v) is 14.9. The number of ether oxygens (including phenoxy) is 2. The predicted molar refractivity (Wildman–Crippen MR) is 98.0 cm³/mol. The van der Waals surface area contributed by atoms with Gasteiger partial charge < -0.3 is 25.0 Å². The predicted octanol–water partition coefficient (Wildman–Crippen LogP) is 1.49.